The van der Waals surface area contributed by atoms with Gasteiger partial charge in [0.2, 0.25) is 0 Å². The second-order valence-corrected chi connectivity index (χ2v) is 12.0. The van der Waals surface area contributed by atoms with Crippen molar-refractivity contribution in [2.45, 2.75) is 70.1 Å². The molecule has 1 N–H and O–H groups in total. The monoisotopic (exact) mass is 609 g/mol. The Hall–Kier alpha value is -3.99. The number of benzene rings is 2. The molecule has 0 radical (unpaired) electrons. The maximum absolute atomic E-state index is 14.0. The third-order valence-electron chi connectivity index (χ3n) is 8.77. The molecule has 1 saturated carbocycles. The number of alkyl halides is 2. The Kier molecular flexibility index (Phi) is 7.07. The highest BCUT2D eigenvalue weighted by atomic mass is 35.5. The Bertz CT molecular complexity index is 1840. The van der Waals surface area contributed by atoms with Crippen LogP contribution in [0.4, 0.5) is 14.6 Å². The average Bonchev–Trinajstić information content (AvgIpc) is 3.66. The van der Waals surface area contributed by atoms with Gasteiger partial charge in [0, 0.05) is 23.9 Å². The summed E-state index contributed by atoms with van der Waals surface area (Å²) in [4.78, 5) is 26.8. The Morgan fingerprint density at radius 3 is 2.74 bits per heavy atom. The molecule has 0 unspecified atom stereocenters. The maximum Gasteiger partial charge on any atom is 0.305 e. The Morgan fingerprint density at radius 1 is 1.14 bits per heavy atom. The van der Waals surface area contributed by atoms with Crippen molar-refractivity contribution in [2.75, 3.05) is 11.4 Å². The van der Waals surface area contributed by atoms with Crippen molar-refractivity contribution < 1.29 is 27.8 Å². The van der Waals surface area contributed by atoms with Crippen LogP contribution in [0.2, 0.25) is 5.02 Å². The van der Waals surface area contributed by atoms with Crippen molar-refractivity contribution in [3.8, 4) is 6.01 Å². The Labute approximate surface area is 250 Å². The fourth-order valence-electron chi connectivity index (χ4n) is 6.80. The molecule has 2 aliphatic rings. The quantitative estimate of drug-likeness (QED) is 0.201. The van der Waals surface area contributed by atoms with E-state index in [2.05, 4.69) is 21.5 Å². The van der Waals surface area contributed by atoms with Gasteiger partial charge in [-0.3, -0.25) is 9.36 Å². The average molecular weight is 610 g/mol. The first-order chi connectivity index (χ1) is 20.8. The number of carbonyl (C=O) groups is 1. The summed E-state index contributed by atoms with van der Waals surface area (Å²) >= 11 is 6.70. The van der Waals surface area contributed by atoms with Crippen molar-refractivity contribution in [3.05, 3.63) is 53.3 Å². The van der Waals surface area contributed by atoms with Gasteiger partial charge in [0.25, 0.3) is 12.4 Å². The van der Waals surface area contributed by atoms with Gasteiger partial charge >= 0.3 is 5.97 Å². The molecule has 7 rings (SSSR count). The Morgan fingerprint density at radius 2 is 1.95 bits per heavy atom. The van der Waals surface area contributed by atoms with Crippen molar-refractivity contribution in [2.24, 2.45) is 5.92 Å². The SMILES string of the molecule is C[C@@H]1CCCC[C@H]1n1c(O[C@H]2C[C@@H](CC(=O)O)N(c3nc(C(F)F)nc4c3oc3ccccc34)C2)nc2cccc(Cl)c21. The van der Waals surface area contributed by atoms with Gasteiger partial charge in [0.05, 0.1) is 29.0 Å². The molecule has 0 amide bonds. The summed E-state index contributed by atoms with van der Waals surface area (Å²) in [5, 5.41) is 10.9. The lowest BCUT2D eigenvalue weighted by atomic mass is 9.85. The molecule has 2 aromatic carbocycles. The highest BCUT2D eigenvalue weighted by Crippen LogP contribution is 2.42. The highest BCUT2D eigenvalue weighted by molar-refractivity contribution is 6.35. The molecular weight excluding hydrogens is 580 g/mol. The van der Waals surface area contributed by atoms with Gasteiger partial charge in [-0.25, -0.2) is 18.7 Å². The number of para-hydroxylation sites is 2. The van der Waals surface area contributed by atoms with Gasteiger partial charge in [-0.2, -0.15) is 4.98 Å². The third kappa shape index (κ3) is 4.93. The van der Waals surface area contributed by atoms with E-state index in [4.69, 9.17) is 25.7 Å². The highest BCUT2D eigenvalue weighted by Gasteiger charge is 2.39. The van der Waals surface area contributed by atoms with Crippen LogP contribution in [-0.2, 0) is 4.79 Å². The standard InChI is InChI=1S/C31H30ClF2N5O4/c1-16-7-2-4-11-22(16)39-26-20(32)9-6-10-21(26)35-31(39)42-18-13-17(14-24(40)41)38(15-18)30-27-25(36-29(37-30)28(33)34)19-8-3-5-12-23(19)43-27/h3,5-6,8-10,12,16-18,22,28H,2,4,7,11,13-15H2,1H3,(H,40,41)/t16-,17+,18+,22-/m1/s1. The van der Waals surface area contributed by atoms with Gasteiger partial charge in [0.1, 0.15) is 17.2 Å². The molecule has 9 nitrogen and oxygen atoms in total. The second kappa shape index (κ2) is 10.9. The van der Waals surface area contributed by atoms with E-state index in [1.54, 1.807) is 29.2 Å². The van der Waals surface area contributed by atoms with Gasteiger partial charge in [-0.1, -0.05) is 49.6 Å². The topological polar surface area (TPSA) is 107 Å². The summed E-state index contributed by atoms with van der Waals surface area (Å²) in [7, 11) is 0. The minimum Gasteiger partial charge on any atom is -0.481 e. The number of imidazole rings is 1. The summed E-state index contributed by atoms with van der Waals surface area (Å²) in [6.45, 7) is 2.42. The van der Waals surface area contributed by atoms with E-state index in [0.29, 0.717) is 34.3 Å². The summed E-state index contributed by atoms with van der Waals surface area (Å²) in [5.41, 5.74) is 2.51. The van der Waals surface area contributed by atoms with E-state index in [1.807, 2.05) is 18.2 Å². The number of aliphatic carboxylic acids is 1. The van der Waals surface area contributed by atoms with Gasteiger partial charge in [-0.15, -0.1) is 0 Å². The molecule has 2 fully saturated rings. The van der Waals surface area contributed by atoms with E-state index >= 15 is 0 Å². The van der Waals surface area contributed by atoms with Gasteiger partial charge in [-0.05, 0) is 43.0 Å². The van der Waals surface area contributed by atoms with E-state index in [9.17, 15) is 18.7 Å². The molecule has 1 aliphatic carbocycles. The fourth-order valence-corrected chi connectivity index (χ4v) is 7.07. The fraction of sp³-hybridized carbons (Fsp3) is 0.419. The first-order valence-corrected chi connectivity index (χ1v) is 14.9. The minimum atomic E-state index is -2.92. The second-order valence-electron chi connectivity index (χ2n) is 11.6. The van der Waals surface area contributed by atoms with Crippen LogP contribution in [0.15, 0.2) is 46.9 Å². The van der Waals surface area contributed by atoms with E-state index < -0.39 is 30.4 Å². The number of carboxylic acids is 1. The smallest absolute Gasteiger partial charge is 0.305 e. The summed E-state index contributed by atoms with van der Waals surface area (Å²) in [6.07, 6.45) is 0.959. The number of carboxylic acid groups (broad SMARTS) is 1. The molecule has 0 bridgehead atoms. The van der Waals surface area contributed by atoms with Crippen molar-refractivity contribution in [1.82, 2.24) is 19.5 Å². The third-order valence-corrected chi connectivity index (χ3v) is 9.08. The summed E-state index contributed by atoms with van der Waals surface area (Å²) in [5.74, 6) is -1.14. The molecule has 224 valence electrons. The predicted octanol–water partition coefficient (Wildman–Crippen LogP) is 7.57. The molecule has 0 spiro atoms. The van der Waals surface area contributed by atoms with Crippen LogP contribution in [0.3, 0.4) is 0 Å². The number of rotatable bonds is 7. The first kappa shape index (κ1) is 27.8. The van der Waals surface area contributed by atoms with Gasteiger partial charge in [0.15, 0.2) is 17.2 Å². The largest absolute Gasteiger partial charge is 0.481 e. The number of ether oxygens (including phenoxy) is 1. The number of hydrogen-bond acceptors (Lipinski definition) is 7. The zero-order valence-electron chi connectivity index (χ0n) is 23.4. The Balaban J connectivity index is 1.30. The summed E-state index contributed by atoms with van der Waals surface area (Å²) in [6, 6.07) is 12.6. The molecule has 12 heteroatoms. The van der Waals surface area contributed by atoms with Crippen LogP contribution in [0.1, 0.15) is 63.7 Å². The van der Waals surface area contributed by atoms with Crippen LogP contribution >= 0.6 is 11.6 Å². The molecule has 3 aromatic heterocycles. The number of aromatic nitrogens is 4. The van der Waals surface area contributed by atoms with Crippen LogP contribution in [0.25, 0.3) is 33.1 Å². The summed E-state index contributed by atoms with van der Waals surface area (Å²) < 4.78 is 42.8. The van der Waals surface area contributed by atoms with Crippen molar-refractivity contribution >= 4 is 56.5 Å². The molecule has 1 saturated heterocycles. The van der Waals surface area contributed by atoms with Crippen molar-refractivity contribution in [3.63, 3.8) is 0 Å². The van der Waals surface area contributed by atoms with Crippen LogP contribution in [0, 0.1) is 5.92 Å². The van der Waals surface area contributed by atoms with Crippen LogP contribution in [-0.4, -0.2) is 49.3 Å². The number of fused-ring (bicyclic) bond motifs is 4. The van der Waals surface area contributed by atoms with Gasteiger partial charge < -0.3 is 19.2 Å². The number of anilines is 1. The zero-order valence-corrected chi connectivity index (χ0v) is 24.2. The predicted molar refractivity (Wildman–Crippen MR) is 158 cm³/mol. The van der Waals surface area contributed by atoms with Crippen LogP contribution < -0.4 is 9.64 Å². The molecule has 5 aromatic rings. The lowest BCUT2D eigenvalue weighted by Crippen LogP contribution is -2.33. The number of halogens is 3. The molecule has 43 heavy (non-hydrogen) atoms. The number of furan rings is 1. The molecule has 4 atom stereocenters. The lowest BCUT2D eigenvalue weighted by Gasteiger charge is -2.31. The van der Waals surface area contributed by atoms with Crippen LogP contribution in [0.5, 0.6) is 6.01 Å². The maximum atomic E-state index is 14.0. The lowest BCUT2D eigenvalue weighted by molar-refractivity contribution is -0.137. The minimum absolute atomic E-state index is 0.131. The van der Waals surface area contributed by atoms with E-state index in [1.165, 1.54) is 6.42 Å². The van der Waals surface area contributed by atoms with E-state index in [-0.39, 0.29) is 35.9 Å². The normalized spacial score (nSPS) is 22.8. The zero-order chi connectivity index (χ0) is 29.8. The molecule has 4 heterocycles. The number of hydrogen-bond donors (Lipinski definition) is 1. The molecular formula is C31H30ClF2N5O4. The van der Waals surface area contributed by atoms with E-state index in [0.717, 1.165) is 30.3 Å². The number of nitrogens with zero attached hydrogens (tertiary/aromatic N) is 5. The first-order valence-electron chi connectivity index (χ1n) is 14.6. The van der Waals surface area contributed by atoms with Crippen molar-refractivity contribution in [1.29, 1.82) is 0 Å². The molecule has 1 aliphatic heterocycles.